The average Bonchev–Trinajstić information content (AvgIpc) is 2.69. The number of rotatable bonds is 2. The van der Waals surface area contributed by atoms with Crippen molar-refractivity contribution in [2.45, 2.75) is 0 Å². The molecule has 1 aliphatic carbocycles. The molecular formula is C20H12Br4Na4O5. The fraction of sp³-hybridized carbons (Fsp3) is 0. The Morgan fingerprint density at radius 1 is 0.848 bits per heavy atom. The predicted molar refractivity (Wildman–Crippen MR) is 153 cm³/mol. The Hall–Kier alpha value is 2.32. The molecule has 0 bridgehead atoms. The van der Waals surface area contributed by atoms with E-state index in [9.17, 15) is 19.8 Å². The first-order valence-corrected chi connectivity index (χ1v) is 11.2. The van der Waals surface area contributed by atoms with Crippen molar-refractivity contribution in [3.63, 3.8) is 0 Å². The fourth-order valence-electron chi connectivity index (χ4n) is 3.17. The van der Waals surface area contributed by atoms with E-state index in [4.69, 9.17) is 4.42 Å². The van der Waals surface area contributed by atoms with Crippen LogP contribution in [0.4, 0.5) is 0 Å². The summed E-state index contributed by atoms with van der Waals surface area (Å²) in [7, 11) is 0. The molecule has 33 heavy (non-hydrogen) atoms. The fourth-order valence-corrected chi connectivity index (χ4v) is 5.57. The Balaban J connectivity index is 0.00000256. The van der Waals surface area contributed by atoms with Gasteiger partial charge in [-0.05, 0) is 87.5 Å². The van der Waals surface area contributed by atoms with Crippen molar-refractivity contribution in [1.29, 1.82) is 0 Å². The second kappa shape index (κ2) is 14.5. The van der Waals surface area contributed by atoms with Gasteiger partial charge in [-0.3, -0.25) is 4.79 Å². The summed E-state index contributed by atoms with van der Waals surface area (Å²) in [5, 5.41) is 20.6. The molecule has 1 heterocycles. The van der Waals surface area contributed by atoms with Crippen molar-refractivity contribution >= 4 is 199 Å². The van der Waals surface area contributed by atoms with Crippen molar-refractivity contribution < 1.29 is 19.4 Å². The topological polar surface area (TPSA) is 87.7 Å². The first kappa shape index (κ1) is 35.3. The minimum atomic E-state index is -1.09. The van der Waals surface area contributed by atoms with Gasteiger partial charge in [-0.1, -0.05) is 18.2 Å². The van der Waals surface area contributed by atoms with E-state index in [2.05, 4.69) is 63.7 Å². The summed E-state index contributed by atoms with van der Waals surface area (Å²) < 4.78 is 7.17. The molecule has 0 aromatic heterocycles. The van der Waals surface area contributed by atoms with Crippen LogP contribution < -0.4 is 5.43 Å². The van der Waals surface area contributed by atoms with Gasteiger partial charge in [-0.25, -0.2) is 4.79 Å². The number of halogens is 4. The quantitative estimate of drug-likeness (QED) is 0.235. The zero-order valence-corrected chi connectivity index (χ0v) is 20.4. The number of benzene rings is 3. The van der Waals surface area contributed by atoms with E-state index in [1.54, 1.807) is 30.3 Å². The number of phenols is 1. The molecule has 0 amide bonds. The number of fused-ring (bicyclic) bond motifs is 2. The minimum absolute atomic E-state index is 0. The van der Waals surface area contributed by atoms with Crippen LogP contribution in [-0.2, 0) is 0 Å². The summed E-state index contributed by atoms with van der Waals surface area (Å²) in [6.07, 6.45) is 0. The third-order valence-electron chi connectivity index (χ3n) is 4.45. The van der Waals surface area contributed by atoms with Gasteiger partial charge in [0.05, 0.1) is 14.5 Å². The third kappa shape index (κ3) is 6.67. The Morgan fingerprint density at radius 2 is 1.45 bits per heavy atom. The second-order valence-electron chi connectivity index (χ2n) is 6.10. The van der Waals surface area contributed by atoms with Gasteiger partial charge < -0.3 is 14.6 Å². The Labute approximate surface area is 310 Å². The van der Waals surface area contributed by atoms with E-state index in [0.29, 0.717) is 31.0 Å². The van der Waals surface area contributed by atoms with Crippen LogP contribution in [-0.4, -0.2) is 134 Å². The number of carboxylic acid groups (broad SMARTS) is 1. The van der Waals surface area contributed by atoms with Crippen LogP contribution >= 0.6 is 63.7 Å². The number of aromatic carboxylic acids is 1. The molecule has 2 aromatic rings. The van der Waals surface area contributed by atoms with Gasteiger partial charge in [0.2, 0.25) is 5.43 Å². The molecule has 5 nitrogen and oxygen atoms in total. The van der Waals surface area contributed by atoms with Crippen LogP contribution in [0.2, 0.25) is 0 Å². The average molecular weight is 744 g/mol. The molecule has 0 saturated carbocycles. The second-order valence-corrected chi connectivity index (χ2v) is 9.40. The summed E-state index contributed by atoms with van der Waals surface area (Å²) in [6, 6.07) is 9.84. The van der Waals surface area contributed by atoms with Crippen molar-refractivity contribution in [1.82, 2.24) is 0 Å². The van der Waals surface area contributed by atoms with Crippen molar-refractivity contribution in [2.24, 2.45) is 0 Å². The van der Waals surface area contributed by atoms with E-state index in [-0.39, 0.29) is 155 Å². The number of hydrogen-bond acceptors (Lipinski definition) is 4. The summed E-state index contributed by atoms with van der Waals surface area (Å²) >= 11 is 13.2. The van der Waals surface area contributed by atoms with E-state index >= 15 is 0 Å². The Morgan fingerprint density at radius 3 is 2.06 bits per heavy atom. The molecule has 154 valence electrons. The van der Waals surface area contributed by atoms with Gasteiger partial charge in [-0.2, -0.15) is 0 Å². The van der Waals surface area contributed by atoms with Crippen LogP contribution in [0.15, 0.2) is 63.5 Å². The van der Waals surface area contributed by atoms with Gasteiger partial charge in [-0.15, -0.1) is 0 Å². The van der Waals surface area contributed by atoms with Crippen LogP contribution in [0, 0.1) is 0 Å². The van der Waals surface area contributed by atoms with Crippen LogP contribution in [0.3, 0.4) is 0 Å². The molecule has 4 rings (SSSR count). The predicted octanol–water partition coefficient (Wildman–Crippen LogP) is 4.42. The maximum atomic E-state index is 12.4. The van der Waals surface area contributed by atoms with Gasteiger partial charge in [0.15, 0.2) is 11.3 Å². The molecule has 0 radical (unpaired) electrons. The van der Waals surface area contributed by atoms with Crippen molar-refractivity contribution in [2.75, 3.05) is 0 Å². The number of phenolic OH excluding ortho intramolecular Hbond substituents is 1. The van der Waals surface area contributed by atoms with Crippen molar-refractivity contribution in [3.8, 4) is 28.2 Å². The molecular weight excluding hydrogens is 732 g/mol. The normalized spacial score (nSPS) is 9.94. The van der Waals surface area contributed by atoms with Crippen LogP contribution in [0.1, 0.15) is 10.4 Å². The van der Waals surface area contributed by atoms with Gasteiger partial charge >= 0.3 is 124 Å². The molecule has 0 spiro atoms. The summed E-state index contributed by atoms with van der Waals surface area (Å²) in [4.78, 5) is 24.3. The molecule has 0 fully saturated rings. The van der Waals surface area contributed by atoms with E-state index in [1.165, 1.54) is 6.07 Å². The molecule has 13 heteroatoms. The molecule has 2 N–H and O–H groups in total. The molecule has 0 saturated heterocycles. The monoisotopic (exact) mass is 740 g/mol. The summed E-state index contributed by atoms with van der Waals surface area (Å²) in [6.45, 7) is 0. The number of carbonyl (C=O) groups is 1. The molecule has 2 aliphatic rings. The van der Waals surface area contributed by atoms with E-state index in [0.717, 1.165) is 0 Å². The first-order valence-electron chi connectivity index (χ1n) is 8.00. The van der Waals surface area contributed by atoms with Crippen LogP contribution in [0.25, 0.3) is 33.4 Å². The molecule has 0 unspecified atom stereocenters. The zero-order valence-electron chi connectivity index (χ0n) is 14.1. The Kier molecular flexibility index (Phi) is 15.5. The standard InChI is InChI=1S/C20H8Br4O5.4Na.4H/c21-11-5-9-13(7-3-1-2-4-8(7)20(27)28)10-6-12(22)17(26)15(24)19(10)29-18(9)14(23)16(11)25;;;;;;;;/h1-6,25H,(H,27,28);;;;;;;;. The van der Waals surface area contributed by atoms with Crippen LogP contribution in [0.5, 0.6) is 5.75 Å². The van der Waals surface area contributed by atoms with Crippen molar-refractivity contribution in [3.05, 3.63) is 70.1 Å². The molecule has 0 atom stereocenters. The SMILES string of the molecule is O=C(O)c1ccccc1-c1c2cc(Br)c(=O)c(Br)c-2oc2c(Br)c(O)c(Br)cc12.[NaH].[NaH].[NaH].[NaH]. The summed E-state index contributed by atoms with van der Waals surface area (Å²) in [5.41, 5.74) is 1.61. The molecule has 2 aromatic carbocycles. The number of aromatic hydroxyl groups is 1. The number of carboxylic acids is 1. The summed E-state index contributed by atoms with van der Waals surface area (Å²) in [5.74, 6) is -0.921. The third-order valence-corrected chi connectivity index (χ3v) is 7.10. The van der Waals surface area contributed by atoms with Gasteiger partial charge in [0.1, 0.15) is 14.7 Å². The van der Waals surface area contributed by atoms with E-state index < -0.39 is 5.97 Å². The zero-order chi connectivity index (χ0) is 21.0. The number of hydrogen-bond donors (Lipinski definition) is 2. The molecule has 1 aliphatic heterocycles. The Bertz CT molecular complexity index is 1380. The van der Waals surface area contributed by atoms with Gasteiger partial charge in [0.25, 0.3) is 0 Å². The first-order chi connectivity index (χ1) is 13.7. The maximum absolute atomic E-state index is 12.4. The van der Waals surface area contributed by atoms with E-state index in [1.807, 2.05) is 0 Å². The van der Waals surface area contributed by atoms with Gasteiger partial charge in [0, 0.05) is 16.5 Å².